The van der Waals surface area contributed by atoms with Crippen molar-refractivity contribution in [3.63, 3.8) is 0 Å². The summed E-state index contributed by atoms with van der Waals surface area (Å²) in [6.45, 7) is 3.89. The second-order valence-electron chi connectivity index (χ2n) is 7.68. The Hall–Kier alpha value is -3.56. The standard InChI is InChI=1S/C27H27N2O5P/c1-4-32-35(30,33-5-2)27(29-21-13-9-10-19(16-21)18-28)26-25(20-11-7-6-8-12-20)23-15-14-22(31-3)17-24(23)34-26/h6-17,27,29H,4-5H2,1-3H3. The molecule has 1 unspecified atom stereocenters. The molecule has 1 N–H and O–H groups in total. The van der Waals surface area contributed by atoms with Gasteiger partial charge in [-0.1, -0.05) is 36.4 Å². The lowest BCUT2D eigenvalue weighted by molar-refractivity contribution is 0.212. The molecule has 1 atom stereocenters. The molecule has 0 aliphatic rings. The summed E-state index contributed by atoms with van der Waals surface area (Å²) in [6.07, 6.45) is 0. The number of methoxy groups -OCH3 is 1. The first kappa shape index (κ1) is 24.6. The number of furan rings is 1. The molecule has 0 fully saturated rings. The first-order valence-corrected chi connectivity index (χ1v) is 13.0. The van der Waals surface area contributed by atoms with Crippen LogP contribution in [0.1, 0.15) is 31.0 Å². The summed E-state index contributed by atoms with van der Waals surface area (Å²) in [6, 6.07) is 24.4. The van der Waals surface area contributed by atoms with E-state index in [1.807, 2.05) is 42.5 Å². The number of hydrogen-bond acceptors (Lipinski definition) is 7. The van der Waals surface area contributed by atoms with Crippen LogP contribution in [0.15, 0.2) is 77.2 Å². The quantitative estimate of drug-likeness (QED) is 0.232. The summed E-state index contributed by atoms with van der Waals surface area (Å²) in [5, 5.41) is 13.5. The Labute approximate surface area is 204 Å². The predicted octanol–water partition coefficient (Wildman–Crippen LogP) is 7.36. The van der Waals surface area contributed by atoms with E-state index in [4.69, 9.17) is 18.2 Å². The van der Waals surface area contributed by atoms with Gasteiger partial charge in [0.25, 0.3) is 0 Å². The maximum absolute atomic E-state index is 14.2. The van der Waals surface area contributed by atoms with E-state index in [1.165, 1.54) is 0 Å². The number of ether oxygens (including phenoxy) is 1. The molecule has 180 valence electrons. The second-order valence-corrected chi connectivity index (χ2v) is 9.80. The van der Waals surface area contributed by atoms with Gasteiger partial charge in [0.2, 0.25) is 0 Å². The summed E-state index contributed by atoms with van der Waals surface area (Å²) < 4.78 is 37.5. The van der Waals surface area contributed by atoms with Crippen LogP contribution in [0.5, 0.6) is 5.75 Å². The topological polar surface area (TPSA) is 93.7 Å². The Kier molecular flexibility index (Phi) is 7.57. The highest BCUT2D eigenvalue weighted by atomic mass is 31.2. The molecule has 0 saturated carbocycles. The summed E-state index contributed by atoms with van der Waals surface area (Å²) >= 11 is 0. The van der Waals surface area contributed by atoms with Gasteiger partial charge in [-0.05, 0) is 49.7 Å². The number of nitriles is 1. The predicted molar refractivity (Wildman–Crippen MR) is 137 cm³/mol. The van der Waals surface area contributed by atoms with Crippen molar-refractivity contribution in [3.05, 3.63) is 84.1 Å². The third-order valence-electron chi connectivity index (χ3n) is 5.46. The van der Waals surface area contributed by atoms with Gasteiger partial charge in [-0.25, -0.2) is 0 Å². The van der Waals surface area contributed by atoms with E-state index < -0.39 is 13.4 Å². The summed E-state index contributed by atoms with van der Waals surface area (Å²) in [4.78, 5) is 0. The monoisotopic (exact) mass is 490 g/mol. The summed E-state index contributed by atoms with van der Waals surface area (Å²) in [5.41, 5.74) is 3.30. The van der Waals surface area contributed by atoms with Gasteiger partial charge in [0, 0.05) is 22.7 Å². The number of anilines is 1. The molecule has 0 radical (unpaired) electrons. The van der Waals surface area contributed by atoms with E-state index in [0.29, 0.717) is 28.3 Å². The number of rotatable bonds is 10. The zero-order valence-corrected chi connectivity index (χ0v) is 20.7. The highest BCUT2D eigenvalue weighted by molar-refractivity contribution is 7.54. The molecule has 35 heavy (non-hydrogen) atoms. The second kappa shape index (κ2) is 10.8. The van der Waals surface area contributed by atoms with Crippen LogP contribution in [0.4, 0.5) is 5.69 Å². The highest BCUT2D eigenvalue weighted by Crippen LogP contribution is 2.63. The third kappa shape index (κ3) is 5.11. The molecule has 1 aromatic heterocycles. The van der Waals surface area contributed by atoms with Gasteiger partial charge in [0.05, 0.1) is 32.0 Å². The van der Waals surface area contributed by atoms with Gasteiger partial charge in [-0.2, -0.15) is 5.26 Å². The van der Waals surface area contributed by atoms with Gasteiger partial charge in [0.1, 0.15) is 17.1 Å². The van der Waals surface area contributed by atoms with Crippen molar-refractivity contribution in [1.82, 2.24) is 0 Å². The van der Waals surface area contributed by atoms with Crippen molar-refractivity contribution in [1.29, 1.82) is 5.26 Å². The fraction of sp³-hybridized carbons (Fsp3) is 0.222. The molecule has 4 rings (SSSR count). The molecular weight excluding hydrogens is 463 g/mol. The molecule has 0 aliphatic heterocycles. The fourth-order valence-corrected chi connectivity index (χ4v) is 5.86. The van der Waals surface area contributed by atoms with Crippen LogP contribution in [0.3, 0.4) is 0 Å². The van der Waals surface area contributed by atoms with Crippen LogP contribution in [0.25, 0.3) is 22.1 Å². The number of nitrogens with one attached hydrogen (secondary N) is 1. The lowest BCUT2D eigenvalue weighted by Crippen LogP contribution is -2.15. The first-order valence-electron chi connectivity index (χ1n) is 11.3. The van der Waals surface area contributed by atoms with Gasteiger partial charge in [-0.15, -0.1) is 0 Å². The SMILES string of the molecule is CCOP(=O)(OCC)C(Nc1cccc(C#N)c1)c1oc2cc(OC)ccc2c1-c1ccccc1. The van der Waals surface area contributed by atoms with E-state index in [2.05, 4.69) is 11.4 Å². The molecular formula is C27H27N2O5P. The normalized spacial score (nSPS) is 12.3. The zero-order valence-electron chi connectivity index (χ0n) is 19.9. The molecule has 7 nitrogen and oxygen atoms in total. The smallest absolute Gasteiger partial charge is 0.360 e. The number of nitrogens with zero attached hydrogens (tertiary/aromatic N) is 1. The first-order chi connectivity index (χ1) is 17.0. The van der Waals surface area contributed by atoms with Crippen LogP contribution in [0, 0.1) is 11.3 Å². The molecule has 0 amide bonds. The Morgan fingerprint density at radius 3 is 2.40 bits per heavy atom. The molecule has 0 spiro atoms. The lowest BCUT2D eigenvalue weighted by Gasteiger charge is -2.27. The maximum Gasteiger partial charge on any atom is 0.360 e. The minimum Gasteiger partial charge on any atom is -0.497 e. The number of fused-ring (bicyclic) bond motifs is 1. The lowest BCUT2D eigenvalue weighted by atomic mass is 10.0. The van der Waals surface area contributed by atoms with E-state index in [0.717, 1.165) is 16.5 Å². The van der Waals surface area contributed by atoms with Crippen molar-refractivity contribution in [3.8, 4) is 22.9 Å². The summed E-state index contributed by atoms with van der Waals surface area (Å²) in [5.74, 6) is 0.0680. The van der Waals surface area contributed by atoms with E-state index >= 15 is 0 Å². The van der Waals surface area contributed by atoms with Crippen molar-refractivity contribution in [2.45, 2.75) is 19.6 Å². The molecule has 3 aromatic carbocycles. The zero-order chi connectivity index (χ0) is 24.8. The highest BCUT2D eigenvalue weighted by Gasteiger charge is 2.42. The molecule has 0 saturated heterocycles. The number of benzene rings is 3. The van der Waals surface area contributed by atoms with Gasteiger partial charge < -0.3 is 23.5 Å². The van der Waals surface area contributed by atoms with Crippen LogP contribution < -0.4 is 10.1 Å². The largest absolute Gasteiger partial charge is 0.497 e. The van der Waals surface area contributed by atoms with Crippen LogP contribution in [-0.2, 0) is 13.6 Å². The average molecular weight is 490 g/mol. The van der Waals surface area contributed by atoms with Crippen LogP contribution in [-0.4, -0.2) is 20.3 Å². The van der Waals surface area contributed by atoms with Crippen LogP contribution in [0.2, 0.25) is 0 Å². The fourth-order valence-electron chi connectivity index (χ4n) is 3.99. The molecule has 8 heteroatoms. The minimum absolute atomic E-state index is 0.183. The van der Waals surface area contributed by atoms with E-state index in [-0.39, 0.29) is 13.2 Å². The molecule has 1 heterocycles. The summed E-state index contributed by atoms with van der Waals surface area (Å²) in [7, 11) is -2.19. The average Bonchev–Trinajstić information content (AvgIpc) is 3.26. The Balaban J connectivity index is 1.98. The van der Waals surface area contributed by atoms with E-state index in [9.17, 15) is 9.83 Å². The maximum atomic E-state index is 14.2. The third-order valence-corrected chi connectivity index (χ3v) is 7.70. The Morgan fingerprint density at radius 1 is 1.00 bits per heavy atom. The van der Waals surface area contributed by atoms with Crippen LogP contribution >= 0.6 is 7.60 Å². The van der Waals surface area contributed by atoms with Crippen molar-refractivity contribution < 1.29 is 22.8 Å². The van der Waals surface area contributed by atoms with Gasteiger partial charge in [-0.3, -0.25) is 4.57 Å². The molecule has 4 aromatic rings. The van der Waals surface area contributed by atoms with Gasteiger partial charge >= 0.3 is 7.60 Å². The number of hydrogen-bond donors (Lipinski definition) is 1. The Morgan fingerprint density at radius 2 is 1.74 bits per heavy atom. The Bertz CT molecular complexity index is 1380. The molecule has 0 bridgehead atoms. The minimum atomic E-state index is -3.78. The van der Waals surface area contributed by atoms with Crippen molar-refractivity contribution in [2.24, 2.45) is 0 Å². The van der Waals surface area contributed by atoms with Crippen molar-refractivity contribution >= 4 is 24.3 Å². The van der Waals surface area contributed by atoms with Crippen molar-refractivity contribution in [2.75, 3.05) is 25.6 Å². The van der Waals surface area contributed by atoms with Gasteiger partial charge in [0.15, 0.2) is 5.78 Å². The van der Waals surface area contributed by atoms with E-state index in [1.54, 1.807) is 51.3 Å². The molecule has 0 aliphatic carbocycles.